The third-order valence-electron chi connectivity index (χ3n) is 3.04. The van der Waals surface area contributed by atoms with E-state index in [1.165, 1.54) is 0 Å². The number of benzene rings is 2. The smallest absolute Gasteiger partial charge is 0.0992 e. The minimum absolute atomic E-state index is 0.580. The second-order valence-electron chi connectivity index (χ2n) is 4.44. The number of nitrogen functional groups attached to an aromatic ring is 1. The van der Waals surface area contributed by atoms with Gasteiger partial charge in [-0.2, -0.15) is 5.26 Å². The standard InChI is InChI=1S/C16H17N3O/c1-20-9-8-13-4-2-3-5-15(13)19-16-10-12(11-17)6-7-14(16)18/h2-7,10,19H,8-9,18H2,1H3. The lowest BCUT2D eigenvalue weighted by molar-refractivity contribution is 0.202. The fourth-order valence-corrected chi connectivity index (χ4v) is 1.95. The maximum absolute atomic E-state index is 8.95. The zero-order chi connectivity index (χ0) is 14.4. The largest absolute Gasteiger partial charge is 0.397 e. The van der Waals surface area contributed by atoms with Gasteiger partial charge < -0.3 is 15.8 Å². The molecular formula is C16H17N3O. The van der Waals surface area contributed by atoms with Crippen molar-refractivity contribution in [1.82, 2.24) is 0 Å². The molecule has 102 valence electrons. The molecule has 0 aromatic heterocycles. The number of nitrogens with zero attached hydrogens (tertiary/aromatic N) is 1. The highest BCUT2D eigenvalue weighted by Gasteiger charge is 2.05. The van der Waals surface area contributed by atoms with Gasteiger partial charge in [-0.3, -0.25) is 0 Å². The molecule has 0 atom stereocenters. The molecule has 0 saturated heterocycles. The molecule has 2 aromatic carbocycles. The fourth-order valence-electron chi connectivity index (χ4n) is 1.95. The lowest BCUT2D eigenvalue weighted by Crippen LogP contribution is -2.02. The Bertz CT molecular complexity index is 632. The summed E-state index contributed by atoms with van der Waals surface area (Å²) in [6, 6.07) is 15.3. The highest BCUT2D eigenvalue weighted by atomic mass is 16.5. The average Bonchev–Trinajstić information content (AvgIpc) is 2.48. The van der Waals surface area contributed by atoms with E-state index < -0.39 is 0 Å². The third kappa shape index (κ3) is 3.28. The number of nitrogens with one attached hydrogen (secondary N) is 1. The monoisotopic (exact) mass is 267 g/mol. The summed E-state index contributed by atoms with van der Waals surface area (Å²) in [5.41, 5.74) is 10.0. The molecular weight excluding hydrogens is 250 g/mol. The van der Waals surface area contributed by atoms with Crippen LogP contribution >= 0.6 is 0 Å². The van der Waals surface area contributed by atoms with Gasteiger partial charge in [0.05, 0.1) is 29.6 Å². The van der Waals surface area contributed by atoms with E-state index in [4.69, 9.17) is 15.7 Å². The van der Waals surface area contributed by atoms with E-state index in [0.717, 1.165) is 23.4 Å². The molecule has 0 saturated carbocycles. The molecule has 4 nitrogen and oxygen atoms in total. The van der Waals surface area contributed by atoms with Crippen molar-refractivity contribution in [3.05, 3.63) is 53.6 Å². The van der Waals surface area contributed by atoms with Gasteiger partial charge in [0, 0.05) is 12.8 Å². The van der Waals surface area contributed by atoms with Gasteiger partial charge in [-0.15, -0.1) is 0 Å². The summed E-state index contributed by atoms with van der Waals surface area (Å²) in [6.07, 6.45) is 0.817. The number of ether oxygens (including phenoxy) is 1. The Morgan fingerprint density at radius 1 is 1.20 bits per heavy atom. The Morgan fingerprint density at radius 3 is 2.75 bits per heavy atom. The Morgan fingerprint density at radius 2 is 2.00 bits per heavy atom. The topological polar surface area (TPSA) is 71.1 Å². The first kappa shape index (κ1) is 13.9. The highest BCUT2D eigenvalue weighted by Crippen LogP contribution is 2.26. The van der Waals surface area contributed by atoms with Gasteiger partial charge in [0.25, 0.3) is 0 Å². The Labute approximate surface area is 118 Å². The van der Waals surface area contributed by atoms with Crippen molar-refractivity contribution in [3.8, 4) is 6.07 Å². The van der Waals surface area contributed by atoms with E-state index in [0.29, 0.717) is 17.9 Å². The molecule has 0 aliphatic heterocycles. The van der Waals surface area contributed by atoms with Crippen LogP contribution < -0.4 is 11.1 Å². The van der Waals surface area contributed by atoms with Crippen molar-refractivity contribution < 1.29 is 4.74 Å². The first-order chi connectivity index (χ1) is 9.74. The second-order valence-corrected chi connectivity index (χ2v) is 4.44. The van der Waals surface area contributed by atoms with E-state index >= 15 is 0 Å². The molecule has 0 aliphatic carbocycles. The highest BCUT2D eigenvalue weighted by molar-refractivity contribution is 5.75. The average molecular weight is 267 g/mol. The number of hydrogen-bond acceptors (Lipinski definition) is 4. The number of rotatable bonds is 5. The van der Waals surface area contributed by atoms with Crippen molar-refractivity contribution in [2.24, 2.45) is 0 Å². The molecule has 0 amide bonds. The van der Waals surface area contributed by atoms with Crippen molar-refractivity contribution in [1.29, 1.82) is 5.26 Å². The number of hydrogen-bond donors (Lipinski definition) is 2. The zero-order valence-electron chi connectivity index (χ0n) is 11.4. The second kappa shape index (κ2) is 6.60. The lowest BCUT2D eigenvalue weighted by Gasteiger charge is -2.13. The van der Waals surface area contributed by atoms with Gasteiger partial charge in [-0.05, 0) is 36.2 Å². The molecule has 0 fully saturated rings. The molecule has 2 aromatic rings. The van der Waals surface area contributed by atoms with Crippen LogP contribution in [0, 0.1) is 11.3 Å². The van der Waals surface area contributed by atoms with Crippen LogP contribution in [0.4, 0.5) is 17.1 Å². The van der Waals surface area contributed by atoms with Crippen LogP contribution in [0.3, 0.4) is 0 Å². The van der Waals surface area contributed by atoms with Crippen LogP contribution in [-0.4, -0.2) is 13.7 Å². The van der Waals surface area contributed by atoms with Crippen molar-refractivity contribution in [3.63, 3.8) is 0 Å². The Kier molecular flexibility index (Phi) is 4.59. The van der Waals surface area contributed by atoms with Crippen LogP contribution in [0.2, 0.25) is 0 Å². The molecule has 0 bridgehead atoms. The van der Waals surface area contributed by atoms with Gasteiger partial charge in [0.15, 0.2) is 0 Å². The summed E-state index contributed by atoms with van der Waals surface area (Å²) >= 11 is 0. The molecule has 2 rings (SSSR count). The minimum Gasteiger partial charge on any atom is -0.397 e. The molecule has 0 spiro atoms. The maximum atomic E-state index is 8.95. The molecule has 3 N–H and O–H groups in total. The van der Waals surface area contributed by atoms with Gasteiger partial charge in [0.1, 0.15) is 0 Å². The zero-order valence-corrected chi connectivity index (χ0v) is 11.4. The minimum atomic E-state index is 0.580. The van der Waals surface area contributed by atoms with Crippen molar-refractivity contribution in [2.75, 3.05) is 24.8 Å². The van der Waals surface area contributed by atoms with E-state index in [1.54, 1.807) is 25.3 Å². The van der Waals surface area contributed by atoms with Gasteiger partial charge >= 0.3 is 0 Å². The first-order valence-corrected chi connectivity index (χ1v) is 6.38. The fraction of sp³-hybridized carbons (Fsp3) is 0.188. The maximum Gasteiger partial charge on any atom is 0.0992 e. The molecule has 20 heavy (non-hydrogen) atoms. The molecule has 0 radical (unpaired) electrons. The lowest BCUT2D eigenvalue weighted by atomic mass is 10.1. The predicted octanol–water partition coefficient (Wildman–Crippen LogP) is 3.07. The number of nitriles is 1. The normalized spacial score (nSPS) is 10.0. The summed E-state index contributed by atoms with van der Waals surface area (Å²) in [7, 11) is 1.68. The summed E-state index contributed by atoms with van der Waals surface area (Å²) in [6.45, 7) is 0.659. The number of anilines is 3. The molecule has 0 unspecified atom stereocenters. The molecule has 4 heteroatoms. The summed E-state index contributed by atoms with van der Waals surface area (Å²) in [5, 5.41) is 12.2. The summed E-state index contributed by atoms with van der Waals surface area (Å²) < 4.78 is 5.12. The Balaban J connectivity index is 2.28. The summed E-state index contributed by atoms with van der Waals surface area (Å²) in [4.78, 5) is 0. The van der Waals surface area contributed by atoms with Gasteiger partial charge in [0.2, 0.25) is 0 Å². The Hall–Kier alpha value is -2.51. The SMILES string of the molecule is COCCc1ccccc1Nc1cc(C#N)ccc1N. The van der Waals surface area contributed by atoms with E-state index in [1.807, 2.05) is 24.3 Å². The van der Waals surface area contributed by atoms with Crippen LogP contribution in [0.5, 0.6) is 0 Å². The molecule has 0 heterocycles. The van der Waals surface area contributed by atoms with Gasteiger partial charge in [-0.1, -0.05) is 18.2 Å². The van der Waals surface area contributed by atoms with Crippen LogP contribution in [-0.2, 0) is 11.2 Å². The first-order valence-electron chi connectivity index (χ1n) is 6.38. The third-order valence-corrected chi connectivity index (χ3v) is 3.04. The van der Waals surface area contributed by atoms with E-state index in [-0.39, 0.29) is 0 Å². The molecule has 0 aliphatic rings. The predicted molar refractivity (Wildman–Crippen MR) is 80.9 cm³/mol. The van der Waals surface area contributed by atoms with Crippen LogP contribution in [0.15, 0.2) is 42.5 Å². The van der Waals surface area contributed by atoms with Crippen LogP contribution in [0.25, 0.3) is 0 Å². The number of nitrogens with two attached hydrogens (primary N) is 1. The van der Waals surface area contributed by atoms with Crippen molar-refractivity contribution in [2.45, 2.75) is 6.42 Å². The quantitative estimate of drug-likeness (QED) is 0.817. The summed E-state index contributed by atoms with van der Waals surface area (Å²) in [5.74, 6) is 0. The number of methoxy groups -OCH3 is 1. The number of para-hydroxylation sites is 1. The van der Waals surface area contributed by atoms with Gasteiger partial charge in [-0.25, -0.2) is 0 Å². The van der Waals surface area contributed by atoms with Crippen molar-refractivity contribution >= 4 is 17.1 Å². The van der Waals surface area contributed by atoms with E-state index in [2.05, 4.69) is 11.4 Å². The van der Waals surface area contributed by atoms with E-state index in [9.17, 15) is 0 Å². The van der Waals surface area contributed by atoms with Crippen LogP contribution in [0.1, 0.15) is 11.1 Å².